The maximum atomic E-state index is 12.0. The van der Waals surface area contributed by atoms with E-state index in [1.54, 1.807) is 0 Å². The van der Waals surface area contributed by atoms with E-state index in [-0.39, 0.29) is 11.1 Å². The Bertz CT molecular complexity index is 549. The third-order valence-electron chi connectivity index (χ3n) is 2.55. The second kappa shape index (κ2) is 7.84. The van der Waals surface area contributed by atoms with Gasteiger partial charge in [-0.1, -0.05) is 25.6 Å². The zero-order valence-electron chi connectivity index (χ0n) is 11.6. The summed E-state index contributed by atoms with van der Waals surface area (Å²) in [6, 6.07) is 5.66. The summed E-state index contributed by atoms with van der Waals surface area (Å²) >= 11 is 0. The fraction of sp³-hybridized carbons (Fsp3) is 0.267. The first-order valence-corrected chi connectivity index (χ1v) is 6.36. The molecule has 1 atom stereocenters. The lowest BCUT2D eigenvalue weighted by Crippen LogP contribution is -2.24. The van der Waals surface area contributed by atoms with E-state index in [9.17, 15) is 14.4 Å². The predicted octanol–water partition coefficient (Wildman–Crippen LogP) is 2.40. The molecule has 1 aromatic carbocycles. The van der Waals surface area contributed by atoms with E-state index in [1.165, 1.54) is 24.3 Å². The van der Waals surface area contributed by atoms with Crippen molar-refractivity contribution >= 4 is 17.9 Å². The smallest absolute Gasteiger partial charge is 0.342 e. The molecule has 0 aliphatic carbocycles. The third-order valence-corrected chi connectivity index (χ3v) is 2.55. The lowest BCUT2D eigenvalue weighted by molar-refractivity contribution is -0.163. The molecule has 21 heavy (non-hydrogen) atoms. The number of rotatable bonds is 7. The van der Waals surface area contributed by atoms with Crippen LogP contribution in [-0.4, -0.2) is 29.3 Å². The molecule has 6 heteroatoms. The fourth-order valence-electron chi connectivity index (χ4n) is 1.59. The van der Waals surface area contributed by atoms with Gasteiger partial charge in [0.2, 0.25) is 6.29 Å². The number of carbonyl (C=O) groups is 3. The van der Waals surface area contributed by atoms with Crippen LogP contribution in [0.3, 0.4) is 0 Å². The summed E-state index contributed by atoms with van der Waals surface area (Å²) in [6.07, 6.45) is 0.806. The molecule has 0 fully saturated rings. The molecule has 1 unspecified atom stereocenters. The lowest BCUT2D eigenvalue weighted by atomic mass is 10.1. The number of ether oxygens (including phenoxy) is 2. The molecule has 6 nitrogen and oxygen atoms in total. The van der Waals surface area contributed by atoms with Crippen LogP contribution in [0.25, 0.3) is 0 Å². The number of carbonyl (C=O) groups excluding carboxylic acids is 2. The number of hydrogen-bond acceptors (Lipinski definition) is 5. The summed E-state index contributed by atoms with van der Waals surface area (Å²) in [5.74, 6) is -2.81. The molecular weight excluding hydrogens is 276 g/mol. The molecule has 0 heterocycles. The first kappa shape index (κ1) is 16.4. The van der Waals surface area contributed by atoms with Gasteiger partial charge >= 0.3 is 17.9 Å². The van der Waals surface area contributed by atoms with Crippen molar-refractivity contribution in [2.45, 2.75) is 26.1 Å². The summed E-state index contributed by atoms with van der Waals surface area (Å²) in [4.78, 5) is 34.2. The van der Waals surface area contributed by atoms with Gasteiger partial charge in [0.05, 0.1) is 11.1 Å². The number of carboxylic acids is 1. The Morgan fingerprint density at radius 1 is 1.24 bits per heavy atom. The van der Waals surface area contributed by atoms with E-state index in [1.807, 2.05) is 6.92 Å². The van der Waals surface area contributed by atoms with Crippen molar-refractivity contribution in [2.75, 3.05) is 0 Å². The summed E-state index contributed by atoms with van der Waals surface area (Å²) in [6.45, 7) is 5.08. The van der Waals surface area contributed by atoms with Gasteiger partial charge < -0.3 is 14.6 Å². The van der Waals surface area contributed by atoms with Crippen molar-refractivity contribution in [3.05, 3.63) is 48.0 Å². The Balaban J connectivity index is 2.89. The first-order chi connectivity index (χ1) is 9.99. The molecule has 0 bridgehead atoms. The van der Waals surface area contributed by atoms with Gasteiger partial charge in [0.1, 0.15) is 0 Å². The normalized spacial score (nSPS) is 11.3. The molecule has 0 spiro atoms. The van der Waals surface area contributed by atoms with E-state index in [0.29, 0.717) is 12.8 Å². The number of hydrogen-bond donors (Lipinski definition) is 1. The topological polar surface area (TPSA) is 89.9 Å². The number of esters is 2. The summed E-state index contributed by atoms with van der Waals surface area (Å²) < 4.78 is 9.93. The van der Waals surface area contributed by atoms with Crippen molar-refractivity contribution < 1.29 is 29.0 Å². The van der Waals surface area contributed by atoms with Gasteiger partial charge in [-0.15, -0.1) is 0 Å². The van der Waals surface area contributed by atoms with Crippen LogP contribution in [-0.2, 0) is 14.3 Å². The summed E-state index contributed by atoms with van der Waals surface area (Å²) in [7, 11) is 0. The second-order valence-corrected chi connectivity index (χ2v) is 4.12. The zero-order chi connectivity index (χ0) is 15.8. The molecule has 0 saturated heterocycles. The molecule has 112 valence electrons. The molecule has 0 aliphatic heterocycles. The van der Waals surface area contributed by atoms with E-state index in [4.69, 9.17) is 14.6 Å². The Morgan fingerprint density at radius 3 is 2.38 bits per heavy atom. The van der Waals surface area contributed by atoms with Gasteiger partial charge in [-0.25, -0.2) is 14.4 Å². The third kappa shape index (κ3) is 4.76. The minimum Gasteiger partial charge on any atom is -0.478 e. The quantitative estimate of drug-likeness (QED) is 0.471. The molecule has 0 amide bonds. The average molecular weight is 292 g/mol. The zero-order valence-corrected chi connectivity index (χ0v) is 11.6. The van der Waals surface area contributed by atoms with Gasteiger partial charge in [0.15, 0.2) is 0 Å². The van der Waals surface area contributed by atoms with Crippen molar-refractivity contribution in [1.29, 1.82) is 0 Å². The first-order valence-electron chi connectivity index (χ1n) is 6.36. The molecule has 0 aliphatic rings. The Hall–Kier alpha value is -2.63. The van der Waals surface area contributed by atoms with Gasteiger partial charge in [-0.2, -0.15) is 0 Å². The van der Waals surface area contributed by atoms with Gasteiger partial charge in [0, 0.05) is 12.5 Å². The molecule has 1 aromatic rings. The van der Waals surface area contributed by atoms with E-state index in [2.05, 4.69) is 6.58 Å². The Labute approximate surface area is 122 Å². The summed E-state index contributed by atoms with van der Waals surface area (Å²) in [5.41, 5.74) is -0.270. The molecule has 0 saturated carbocycles. The van der Waals surface area contributed by atoms with Crippen LogP contribution in [0.4, 0.5) is 0 Å². The molecule has 0 aromatic heterocycles. The van der Waals surface area contributed by atoms with Gasteiger partial charge in [-0.3, -0.25) is 0 Å². The lowest BCUT2D eigenvalue weighted by Gasteiger charge is -2.17. The Kier molecular flexibility index (Phi) is 6.13. The van der Waals surface area contributed by atoms with Crippen LogP contribution in [0.15, 0.2) is 36.9 Å². The van der Waals surface area contributed by atoms with Crippen LogP contribution in [0.2, 0.25) is 0 Å². The predicted molar refractivity (Wildman–Crippen MR) is 73.8 cm³/mol. The second-order valence-electron chi connectivity index (χ2n) is 4.12. The monoisotopic (exact) mass is 292 g/mol. The standard InChI is InChI=1S/C15H16O6/c1-3-7-13(20-12(16)4-2)21-15(19)11-9-6-5-8-10(11)14(17)18/h4-6,8-9,13H,2-3,7H2,1H3,(H,17,18). The molecule has 1 N–H and O–H groups in total. The molecule has 1 rings (SSSR count). The Morgan fingerprint density at radius 2 is 1.86 bits per heavy atom. The number of aromatic carboxylic acids is 1. The maximum Gasteiger partial charge on any atom is 0.342 e. The SMILES string of the molecule is C=CC(=O)OC(CCC)OC(=O)c1ccccc1C(=O)O. The van der Waals surface area contributed by atoms with Crippen molar-refractivity contribution in [1.82, 2.24) is 0 Å². The minimum absolute atomic E-state index is 0.0965. The average Bonchev–Trinajstić information content (AvgIpc) is 2.47. The highest BCUT2D eigenvalue weighted by Gasteiger charge is 2.22. The van der Waals surface area contributed by atoms with E-state index < -0.39 is 24.2 Å². The van der Waals surface area contributed by atoms with E-state index in [0.717, 1.165) is 6.08 Å². The molecule has 0 radical (unpaired) electrons. The van der Waals surface area contributed by atoms with Crippen LogP contribution < -0.4 is 0 Å². The van der Waals surface area contributed by atoms with Crippen molar-refractivity contribution in [3.8, 4) is 0 Å². The maximum absolute atomic E-state index is 12.0. The van der Waals surface area contributed by atoms with Crippen LogP contribution in [0, 0.1) is 0 Å². The minimum atomic E-state index is -1.24. The highest BCUT2D eigenvalue weighted by molar-refractivity contribution is 6.02. The van der Waals surface area contributed by atoms with Crippen molar-refractivity contribution in [2.24, 2.45) is 0 Å². The van der Waals surface area contributed by atoms with Crippen LogP contribution >= 0.6 is 0 Å². The largest absolute Gasteiger partial charge is 0.478 e. The highest BCUT2D eigenvalue weighted by Crippen LogP contribution is 2.14. The van der Waals surface area contributed by atoms with Crippen molar-refractivity contribution in [3.63, 3.8) is 0 Å². The molecular formula is C15H16O6. The number of benzene rings is 1. The van der Waals surface area contributed by atoms with Crippen LogP contribution in [0.5, 0.6) is 0 Å². The van der Waals surface area contributed by atoms with E-state index >= 15 is 0 Å². The fourth-order valence-corrected chi connectivity index (χ4v) is 1.59. The highest BCUT2D eigenvalue weighted by atomic mass is 16.7. The summed E-state index contributed by atoms with van der Waals surface area (Å²) in [5, 5.41) is 9.03. The van der Waals surface area contributed by atoms with Crippen LogP contribution in [0.1, 0.15) is 40.5 Å². The number of carboxylic acid groups (broad SMARTS) is 1. The van der Waals surface area contributed by atoms with Gasteiger partial charge in [0.25, 0.3) is 0 Å². The van der Waals surface area contributed by atoms with Gasteiger partial charge in [-0.05, 0) is 18.6 Å².